The van der Waals surface area contributed by atoms with Gasteiger partial charge in [0.05, 0.1) is 6.61 Å². The van der Waals surface area contributed by atoms with Gasteiger partial charge in [-0.05, 0) is 62.7 Å². The van der Waals surface area contributed by atoms with Gasteiger partial charge in [0.25, 0.3) is 0 Å². The number of hydrogen-bond donors (Lipinski definition) is 1. The quantitative estimate of drug-likeness (QED) is 0.326. The molecule has 0 saturated carbocycles. The van der Waals surface area contributed by atoms with Gasteiger partial charge < -0.3 is 24.4 Å². The highest BCUT2D eigenvalue weighted by atomic mass is 35.5. The van der Waals surface area contributed by atoms with Gasteiger partial charge in [-0.1, -0.05) is 29.8 Å². The van der Waals surface area contributed by atoms with Crippen LogP contribution < -0.4 is 9.64 Å². The van der Waals surface area contributed by atoms with E-state index in [-0.39, 0.29) is 12.3 Å². The lowest BCUT2D eigenvalue weighted by molar-refractivity contribution is 0.0690. The van der Waals surface area contributed by atoms with Gasteiger partial charge in [-0.15, -0.1) is 0 Å². The maximum Gasteiger partial charge on any atom is 0.354 e. The number of pyridine rings is 2. The molecule has 39 heavy (non-hydrogen) atoms. The van der Waals surface area contributed by atoms with Gasteiger partial charge >= 0.3 is 5.97 Å². The standard InChI is InChI=1S/C29H34ClFN4O4/c1-20-6-9-26(29(36)37)33-28(20)35(16-17-38-2)15-14-34-12-10-21(11-13-34)25-4-3-5-27(32-25)39-19-22-7-8-23(30)18-24(22)31/h3-9,18,21H,10-17,19H2,1-2H3,(H,36,37). The van der Waals surface area contributed by atoms with Gasteiger partial charge in [0.15, 0.2) is 5.69 Å². The van der Waals surface area contributed by atoms with Crippen molar-refractivity contribution in [2.45, 2.75) is 32.3 Å². The van der Waals surface area contributed by atoms with Gasteiger partial charge in [-0.2, -0.15) is 0 Å². The predicted molar refractivity (Wildman–Crippen MR) is 148 cm³/mol. The van der Waals surface area contributed by atoms with Crippen LogP contribution in [-0.2, 0) is 11.3 Å². The summed E-state index contributed by atoms with van der Waals surface area (Å²) in [5.74, 6) is 0.0428. The fourth-order valence-electron chi connectivity index (χ4n) is 4.73. The topological polar surface area (TPSA) is 88.0 Å². The minimum absolute atomic E-state index is 0.0378. The molecule has 3 heterocycles. The third kappa shape index (κ3) is 7.88. The Morgan fingerprint density at radius 2 is 1.95 bits per heavy atom. The summed E-state index contributed by atoms with van der Waals surface area (Å²) in [5, 5.41) is 9.73. The third-order valence-electron chi connectivity index (χ3n) is 6.98. The van der Waals surface area contributed by atoms with Crippen molar-refractivity contribution in [3.05, 3.63) is 81.9 Å². The molecule has 0 radical (unpaired) electrons. The smallest absolute Gasteiger partial charge is 0.354 e. The van der Waals surface area contributed by atoms with Crippen molar-refractivity contribution in [3.8, 4) is 5.88 Å². The Hall–Kier alpha value is -3.27. The summed E-state index contributed by atoms with van der Waals surface area (Å²) in [7, 11) is 1.65. The van der Waals surface area contributed by atoms with Crippen molar-refractivity contribution in [2.75, 3.05) is 51.3 Å². The largest absolute Gasteiger partial charge is 0.477 e. The monoisotopic (exact) mass is 556 g/mol. The number of likely N-dealkylation sites (tertiary alicyclic amines) is 1. The number of aryl methyl sites for hydroxylation is 1. The number of carbonyl (C=O) groups is 1. The second kappa shape index (κ2) is 13.7. The van der Waals surface area contributed by atoms with E-state index < -0.39 is 11.8 Å². The van der Waals surface area contributed by atoms with Crippen molar-refractivity contribution in [2.24, 2.45) is 0 Å². The molecule has 0 unspecified atom stereocenters. The summed E-state index contributed by atoms with van der Waals surface area (Å²) in [5.41, 5.74) is 2.38. The Bertz CT molecular complexity index is 1270. The van der Waals surface area contributed by atoms with E-state index in [1.54, 1.807) is 31.4 Å². The lowest BCUT2D eigenvalue weighted by atomic mass is 9.93. The van der Waals surface area contributed by atoms with E-state index in [1.165, 1.54) is 12.1 Å². The molecule has 8 nitrogen and oxygen atoms in total. The molecular weight excluding hydrogens is 523 g/mol. The summed E-state index contributed by atoms with van der Waals surface area (Å²) < 4.78 is 25.1. The first-order valence-electron chi connectivity index (χ1n) is 13.0. The lowest BCUT2D eigenvalue weighted by Crippen LogP contribution is -2.41. The van der Waals surface area contributed by atoms with E-state index in [1.807, 2.05) is 19.1 Å². The van der Waals surface area contributed by atoms with E-state index in [0.717, 1.165) is 43.7 Å². The van der Waals surface area contributed by atoms with Gasteiger partial charge in [-0.25, -0.2) is 19.2 Å². The van der Waals surface area contributed by atoms with E-state index in [2.05, 4.69) is 14.8 Å². The van der Waals surface area contributed by atoms with E-state index in [0.29, 0.717) is 47.9 Å². The lowest BCUT2D eigenvalue weighted by Gasteiger charge is -2.34. The van der Waals surface area contributed by atoms with Crippen LogP contribution in [0.5, 0.6) is 5.88 Å². The summed E-state index contributed by atoms with van der Waals surface area (Å²) in [6.45, 7) is 6.57. The Morgan fingerprint density at radius 3 is 2.67 bits per heavy atom. The molecule has 10 heteroatoms. The molecule has 1 N–H and O–H groups in total. The van der Waals surface area contributed by atoms with Crippen LogP contribution in [-0.4, -0.2) is 72.4 Å². The van der Waals surface area contributed by atoms with E-state index in [4.69, 9.17) is 26.1 Å². The van der Waals surface area contributed by atoms with Crippen LogP contribution in [0.4, 0.5) is 10.2 Å². The van der Waals surface area contributed by atoms with Crippen LogP contribution in [0, 0.1) is 12.7 Å². The normalized spacial score (nSPS) is 14.4. The van der Waals surface area contributed by atoms with Crippen molar-refractivity contribution >= 4 is 23.4 Å². The van der Waals surface area contributed by atoms with Gasteiger partial charge in [0.2, 0.25) is 5.88 Å². The highest BCUT2D eigenvalue weighted by Gasteiger charge is 2.23. The van der Waals surface area contributed by atoms with Crippen molar-refractivity contribution in [3.63, 3.8) is 0 Å². The number of hydrogen-bond acceptors (Lipinski definition) is 7. The summed E-state index contributed by atoms with van der Waals surface area (Å²) >= 11 is 5.83. The Balaban J connectivity index is 1.32. The average Bonchev–Trinajstić information content (AvgIpc) is 2.93. The maximum atomic E-state index is 14.1. The van der Waals surface area contributed by atoms with Crippen molar-refractivity contribution < 1.29 is 23.8 Å². The zero-order valence-electron chi connectivity index (χ0n) is 22.3. The fourth-order valence-corrected chi connectivity index (χ4v) is 4.88. The number of benzene rings is 1. The summed E-state index contributed by atoms with van der Waals surface area (Å²) in [6, 6.07) is 13.6. The number of piperidine rings is 1. The molecule has 1 saturated heterocycles. The minimum Gasteiger partial charge on any atom is -0.477 e. The highest BCUT2D eigenvalue weighted by molar-refractivity contribution is 6.30. The van der Waals surface area contributed by atoms with Crippen molar-refractivity contribution in [1.82, 2.24) is 14.9 Å². The van der Waals surface area contributed by atoms with Crippen LogP contribution in [0.1, 0.15) is 46.1 Å². The zero-order chi connectivity index (χ0) is 27.8. The molecule has 208 valence electrons. The summed E-state index contributed by atoms with van der Waals surface area (Å²) in [4.78, 5) is 25.1. The molecule has 1 aliphatic heterocycles. The number of nitrogens with zero attached hydrogens (tertiary/aromatic N) is 4. The summed E-state index contributed by atoms with van der Waals surface area (Å²) in [6.07, 6.45) is 1.93. The molecule has 0 amide bonds. The molecule has 2 aromatic heterocycles. The van der Waals surface area contributed by atoms with Crippen LogP contribution in [0.2, 0.25) is 5.02 Å². The molecule has 3 aromatic rings. The molecule has 0 aliphatic carbocycles. The number of anilines is 1. The number of rotatable bonds is 12. The van der Waals surface area contributed by atoms with Crippen LogP contribution in [0.25, 0.3) is 0 Å². The number of carboxylic acid groups (broad SMARTS) is 1. The maximum absolute atomic E-state index is 14.1. The average molecular weight is 557 g/mol. The third-order valence-corrected chi connectivity index (χ3v) is 7.22. The fraction of sp³-hybridized carbons (Fsp3) is 0.414. The molecule has 0 atom stereocenters. The van der Waals surface area contributed by atoms with Gasteiger partial charge in [0, 0.05) is 55.0 Å². The molecule has 4 rings (SSSR count). The molecule has 1 aliphatic rings. The molecule has 1 aromatic carbocycles. The first-order chi connectivity index (χ1) is 18.8. The first-order valence-corrected chi connectivity index (χ1v) is 13.4. The second-order valence-electron chi connectivity index (χ2n) is 9.66. The molecule has 0 bridgehead atoms. The van der Waals surface area contributed by atoms with Crippen LogP contribution >= 0.6 is 11.6 Å². The van der Waals surface area contributed by atoms with Gasteiger partial charge in [0.1, 0.15) is 18.2 Å². The van der Waals surface area contributed by atoms with Crippen LogP contribution in [0.15, 0.2) is 48.5 Å². The number of ether oxygens (including phenoxy) is 2. The predicted octanol–water partition coefficient (Wildman–Crippen LogP) is 5.19. The number of aromatic carboxylic acids is 1. The molecule has 1 fully saturated rings. The van der Waals surface area contributed by atoms with Crippen molar-refractivity contribution in [1.29, 1.82) is 0 Å². The number of carboxylic acids is 1. The Labute approximate surface area is 233 Å². The minimum atomic E-state index is -1.04. The van der Waals surface area contributed by atoms with E-state index in [9.17, 15) is 14.3 Å². The van der Waals surface area contributed by atoms with Crippen LogP contribution in [0.3, 0.4) is 0 Å². The van der Waals surface area contributed by atoms with Gasteiger partial charge in [-0.3, -0.25) is 0 Å². The highest BCUT2D eigenvalue weighted by Crippen LogP contribution is 2.28. The molecule has 0 spiro atoms. The first kappa shape index (κ1) is 28.7. The number of halogens is 2. The number of methoxy groups -OCH3 is 1. The molecular formula is C29H34ClFN4O4. The SMILES string of the molecule is COCCN(CCN1CCC(c2cccc(OCc3ccc(Cl)cc3F)n2)CC1)c1nc(C(=O)O)ccc1C. The second-order valence-corrected chi connectivity index (χ2v) is 10.1. The Kier molecular flexibility index (Phi) is 10.1. The Morgan fingerprint density at radius 1 is 1.15 bits per heavy atom. The zero-order valence-corrected chi connectivity index (χ0v) is 23.0. The van der Waals surface area contributed by atoms with E-state index >= 15 is 0 Å². The number of aromatic nitrogens is 2.